The summed E-state index contributed by atoms with van der Waals surface area (Å²) >= 11 is 0. The van der Waals surface area contributed by atoms with Crippen LogP contribution in [-0.2, 0) is 6.42 Å². The molecule has 0 aliphatic carbocycles. The Balaban J connectivity index is 3.03. The Morgan fingerprint density at radius 3 is 2.47 bits per heavy atom. The Hall–Kier alpha value is -1.09. The third-order valence-corrected chi connectivity index (χ3v) is 3.17. The summed E-state index contributed by atoms with van der Waals surface area (Å²) in [6.07, 6.45) is 1.62. The van der Waals surface area contributed by atoms with E-state index in [2.05, 4.69) is 27.7 Å². The lowest BCUT2D eigenvalue weighted by atomic mass is 9.95. The van der Waals surface area contributed by atoms with Crippen LogP contribution in [0.5, 0.6) is 0 Å². The van der Waals surface area contributed by atoms with E-state index in [1.807, 2.05) is 18.0 Å². The van der Waals surface area contributed by atoms with Crippen LogP contribution in [0.2, 0.25) is 0 Å². The highest BCUT2D eigenvalue weighted by atomic mass is 19.1. The maximum absolute atomic E-state index is 14.1. The second kappa shape index (κ2) is 6.38. The zero-order valence-corrected chi connectivity index (χ0v) is 12.8. The van der Waals surface area contributed by atoms with Crippen LogP contribution in [0.4, 0.5) is 10.1 Å². The number of rotatable bonds is 5. The monoisotopic (exact) mass is 266 g/mol. The molecule has 108 valence electrons. The van der Waals surface area contributed by atoms with Crippen molar-refractivity contribution in [3.63, 3.8) is 0 Å². The van der Waals surface area contributed by atoms with Gasteiger partial charge in [0.1, 0.15) is 5.82 Å². The summed E-state index contributed by atoms with van der Waals surface area (Å²) in [5.41, 5.74) is 7.83. The normalized spacial score (nSPS) is 13.4. The van der Waals surface area contributed by atoms with Crippen molar-refractivity contribution >= 4 is 5.69 Å². The molecule has 0 saturated heterocycles. The molecule has 0 amide bonds. The maximum atomic E-state index is 14.1. The number of para-hydroxylation sites is 1. The summed E-state index contributed by atoms with van der Waals surface area (Å²) in [6.45, 7) is 9.33. The van der Waals surface area contributed by atoms with Crippen LogP contribution in [0, 0.1) is 11.2 Å². The number of hydrogen-bond acceptors (Lipinski definition) is 2. The topological polar surface area (TPSA) is 29.3 Å². The fourth-order valence-electron chi connectivity index (χ4n) is 2.37. The summed E-state index contributed by atoms with van der Waals surface area (Å²) < 4.78 is 14.1. The van der Waals surface area contributed by atoms with E-state index in [9.17, 15) is 4.39 Å². The molecule has 0 aromatic heterocycles. The average Bonchev–Trinajstić information content (AvgIpc) is 2.26. The molecule has 1 aromatic rings. The maximum Gasteiger partial charge on any atom is 0.146 e. The van der Waals surface area contributed by atoms with Gasteiger partial charge in [0, 0.05) is 19.6 Å². The number of halogens is 1. The average molecular weight is 266 g/mol. The molecule has 0 aliphatic rings. The van der Waals surface area contributed by atoms with Crippen molar-refractivity contribution in [3.05, 3.63) is 29.6 Å². The molecule has 19 heavy (non-hydrogen) atoms. The molecule has 0 saturated carbocycles. The fourth-order valence-corrected chi connectivity index (χ4v) is 2.37. The van der Waals surface area contributed by atoms with Gasteiger partial charge in [-0.05, 0) is 29.9 Å². The molecular weight excluding hydrogens is 239 g/mol. The zero-order chi connectivity index (χ0) is 14.6. The van der Waals surface area contributed by atoms with Crippen LogP contribution >= 0.6 is 0 Å². The number of benzene rings is 1. The van der Waals surface area contributed by atoms with E-state index in [1.165, 1.54) is 6.07 Å². The van der Waals surface area contributed by atoms with Crippen LogP contribution < -0.4 is 10.6 Å². The Bertz CT molecular complexity index is 410. The summed E-state index contributed by atoms with van der Waals surface area (Å²) in [5.74, 6) is -0.160. The molecular formula is C16H27FN2. The second-order valence-electron chi connectivity index (χ2n) is 6.54. The Kier molecular flexibility index (Phi) is 5.36. The molecule has 2 N–H and O–H groups in total. The standard InChI is InChI=1S/C16H27FN2/c1-6-13(18)10-12-8-7-9-14(17)15(12)19(5)11-16(2,3)4/h7-9,13H,6,10-11,18H2,1-5H3. The molecule has 0 radical (unpaired) electrons. The first-order valence-corrected chi connectivity index (χ1v) is 6.98. The van der Waals surface area contributed by atoms with Crippen molar-refractivity contribution in [2.24, 2.45) is 11.1 Å². The first-order valence-electron chi connectivity index (χ1n) is 6.98. The lowest BCUT2D eigenvalue weighted by Gasteiger charge is -2.30. The SMILES string of the molecule is CCC(N)Cc1cccc(F)c1N(C)CC(C)(C)C. The van der Waals surface area contributed by atoms with Crippen molar-refractivity contribution in [1.29, 1.82) is 0 Å². The van der Waals surface area contributed by atoms with E-state index in [0.717, 1.165) is 24.9 Å². The van der Waals surface area contributed by atoms with Gasteiger partial charge in [-0.1, -0.05) is 39.8 Å². The lowest BCUT2D eigenvalue weighted by Crippen LogP contribution is -2.31. The smallest absolute Gasteiger partial charge is 0.146 e. The van der Waals surface area contributed by atoms with Crippen LogP contribution in [0.25, 0.3) is 0 Å². The van der Waals surface area contributed by atoms with Gasteiger partial charge < -0.3 is 10.6 Å². The number of anilines is 1. The van der Waals surface area contributed by atoms with Gasteiger partial charge in [-0.25, -0.2) is 4.39 Å². The van der Waals surface area contributed by atoms with Crippen LogP contribution in [0.15, 0.2) is 18.2 Å². The van der Waals surface area contributed by atoms with E-state index in [4.69, 9.17) is 5.73 Å². The first kappa shape index (κ1) is 16.0. The molecule has 0 fully saturated rings. The summed E-state index contributed by atoms with van der Waals surface area (Å²) in [4.78, 5) is 2.01. The Morgan fingerprint density at radius 1 is 1.32 bits per heavy atom. The molecule has 0 bridgehead atoms. The minimum Gasteiger partial charge on any atom is -0.371 e. The van der Waals surface area contributed by atoms with Crippen molar-refractivity contribution in [1.82, 2.24) is 0 Å². The molecule has 0 spiro atoms. The summed E-state index contributed by atoms with van der Waals surface area (Å²) in [7, 11) is 1.95. The lowest BCUT2D eigenvalue weighted by molar-refractivity contribution is 0.416. The molecule has 3 heteroatoms. The molecule has 1 unspecified atom stereocenters. The Morgan fingerprint density at radius 2 is 1.95 bits per heavy atom. The van der Waals surface area contributed by atoms with Gasteiger partial charge in [0.05, 0.1) is 5.69 Å². The minimum absolute atomic E-state index is 0.0867. The Labute approximate surface area is 116 Å². The number of nitrogens with zero attached hydrogens (tertiary/aromatic N) is 1. The van der Waals surface area contributed by atoms with Crippen LogP contribution in [-0.4, -0.2) is 19.6 Å². The number of nitrogens with two attached hydrogens (primary N) is 1. The van der Waals surface area contributed by atoms with Gasteiger partial charge >= 0.3 is 0 Å². The predicted molar refractivity (Wildman–Crippen MR) is 81.1 cm³/mol. The van der Waals surface area contributed by atoms with Crippen molar-refractivity contribution < 1.29 is 4.39 Å². The van der Waals surface area contributed by atoms with Gasteiger partial charge in [0.25, 0.3) is 0 Å². The number of hydrogen-bond donors (Lipinski definition) is 1. The third kappa shape index (κ3) is 4.83. The van der Waals surface area contributed by atoms with E-state index in [1.54, 1.807) is 6.07 Å². The van der Waals surface area contributed by atoms with Gasteiger partial charge in [-0.3, -0.25) is 0 Å². The van der Waals surface area contributed by atoms with Gasteiger partial charge in [-0.2, -0.15) is 0 Å². The largest absolute Gasteiger partial charge is 0.371 e. The quantitative estimate of drug-likeness (QED) is 0.882. The van der Waals surface area contributed by atoms with Crippen molar-refractivity contribution in [3.8, 4) is 0 Å². The van der Waals surface area contributed by atoms with E-state index in [-0.39, 0.29) is 17.3 Å². The van der Waals surface area contributed by atoms with Gasteiger partial charge in [0.15, 0.2) is 0 Å². The predicted octanol–water partition coefficient (Wildman–Crippen LogP) is 3.59. The first-order chi connectivity index (χ1) is 8.74. The third-order valence-electron chi connectivity index (χ3n) is 3.17. The zero-order valence-electron chi connectivity index (χ0n) is 12.8. The summed E-state index contributed by atoms with van der Waals surface area (Å²) in [5, 5.41) is 0. The van der Waals surface area contributed by atoms with E-state index >= 15 is 0 Å². The molecule has 1 aromatic carbocycles. The van der Waals surface area contributed by atoms with Crippen LogP contribution in [0.3, 0.4) is 0 Å². The highest BCUT2D eigenvalue weighted by Gasteiger charge is 2.19. The van der Waals surface area contributed by atoms with E-state index < -0.39 is 0 Å². The van der Waals surface area contributed by atoms with Crippen molar-refractivity contribution in [2.75, 3.05) is 18.5 Å². The highest BCUT2D eigenvalue weighted by Crippen LogP contribution is 2.27. The summed E-state index contributed by atoms with van der Waals surface area (Å²) in [6, 6.07) is 5.35. The van der Waals surface area contributed by atoms with Gasteiger partial charge in [-0.15, -0.1) is 0 Å². The molecule has 0 aliphatic heterocycles. The molecule has 0 heterocycles. The highest BCUT2D eigenvalue weighted by molar-refractivity contribution is 5.54. The van der Waals surface area contributed by atoms with E-state index in [0.29, 0.717) is 5.69 Å². The fraction of sp³-hybridized carbons (Fsp3) is 0.625. The van der Waals surface area contributed by atoms with Gasteiger partial charge in [0.2, 0.25) is 0 Å². The molecule has 1 atom stereocenters. The van der Waals surface area contributed by atoms with Crippen LogP contribution in [0.1, 0.15) is 39.7 Å². The minimum atomic E-state index is -0.160. The second-order valence-corrected chi connectivity index (χ2v) is 6.54. The molecule has 1 rings (SSSR count). The van der Waals surface area contributed by atoms with Crippen molar-refractivity contribution in [2.45, 2.75) is 46.6 Å². The molecule has 2 nitrogen and oxygen atoms in total.